The van der Waals surface area contributed by atoms with Crippen molar-refractivity contribution in [2.24, 2.45) is 0 Å². The molecule has 4 rings (SSSR count). The van der Waals surface area contributed by atoms with Crippen LogP contribution in [0.5, 0.6) is 0 Å². The highest BCUT2D eigenvalue weighted by atomic mass is 16.5. The van der Waals surface area contributed by atoms with Crippen LogP contribution in [0.1, 0.15) is 17.0 Å². The van der Waals surface area contributed by atoms with Crippen molar-refractivity contribution in [2.45, 2.75) is 25.4 Å². The summed E-state index contributed by atoms with van der Waals surface area (Å²) >= 11 is 0. The zero-order valence-electron chi connectivity index (χ0n) is 16.0. The number of aromatic nitrogens is 2. The molecular formula is C22H25N3O3. The molecular weight excluding hydrogens is 354 g/mol. The van der Waals surface area contributed by atoms with Crippen molar-refractivity contribution in [3.8, 4) is 0 Å². The number of imidazole rings is 1. The number of hydrogen-bond donors (Lipinski definition) is 1. The van der Waals surface area contributed by atoms with Gasteiger partial charge in [-0.2, -0.15) is 0 Å². The van der Waals surface area contributed by atoms with Crippen molar-refractivity contribution in [2.75, 3.05) is 26.3 Å². The SMILES string of the molecule is Cc1nc2ccccn2c1CC(=O)N1CCOC(CO)(Cc2ccccc2)C1. The molecule has 1 atom stereocenters. The quantitative estimate of drug-likeness (QED) is 0.737. The molecule has 0 radical (unpaired) electrons. The Labute approximate surface area is 164 Å². The molecule has 2 aromatic heterocycles. The monoisotopic (exact) mass is 379 g/mol. The van der Waals surface area contributed by atoms with Crippen LogP contribution in [0.15, 0.2) is 54.7 Å². The first-order chi connectivity index (χ1) is 13.6. The minimum absolute atomic E-state index is 0.0305. The molecule has 1 unspecified atom stereocenters. The van der Waals surface area contributed by atoms with E-state index in [-0.39, 0.29) is 18.9 Å². The van der Waals surface area contributed by atoms with Crippen LogP contribution in [-0.2, 0) is 22.4 Å². The summed E-state index contributed by atoms with van der Waals surface area (Å²) in [5, 5.41) is 10.1. The number of rotatable bonds is 5. The normalized spacial score (nSPS) is 19.9. The van der Waals surface area contributed by atoms with E-state index in [1.165, 1.54) is 0 Å². The van der Waals surface area contributed by atoms with E-state index < -0.39 is 5.60 Å². The van der Waals surface area contributed by atoms with Crippen LogP contribution in [0.3, 0.4) is 0 Å². The first kappa shape index (κ1) is 18.7. The number of pyridine rings is 1. The molecule has 1 amide bonds. The molecule has 1 N–H and O–H groups in total. The molecule has 6 nitrogen and oxygen atoms in total. The number of benzene rings is 1. The van der Waals surface area contributed by atoms with E-state index in [1.807, 2.05) is 71.0 Å². The molecule has 6 heteroatoms. The lowest BCUT2D eigenvalue weighted by atomic mass is 9.93. The zero-order valence-corrected chi connectivity index (χ0v) is 16.0. The van der Waals surface area contributed by atoms with Crippen molar-refractivity contribution in [3.05, 3.63) is 71.7 Å². The smallest absolute Gasteiger partial charge is 0.228 e. The Kier molecular flexibility index (Phi) is 5.15. The summed E-state index contributed by atoms with van der Waals surface area (Å²) in [6, 6.07) is 15.8. The van der Waals surface area contributed by atoms with Crippen LogP contribution in [0.4, 0.5) is 0 Å². The molecule has 1 aliphatic rings. The number of aliphatic hydroxyl groups excluding tert-OH is 1. The Morgan fingerprint density at radius 3 is 2.79 bits per heavy atom. The summed E-state index contributed by atoms with van der Waals surface area (Å²) in [4.78, 5) is 19.4. The van der Waals surface area contributed by atoms with Gasteiger partial charge in [-0.3, -0.25) is 4.79 Å². The zero-order chi connectivity index (χ0) is 19.6. The summed E-state index contributed by atoms with van der Waals surface area (Å²) in [5.41, 5.74) is 2.95. The van der Waals surface area contributed by atoms with Crippen LogP contribution < -0.4 is 0 Å². The third-order valence-electron chi connectivity index (χ3n) is 5.41. The number of aryl methyl sites for hydroxylation is 1. The van der Waals surface area contributed by atoms with E-state index in [2.05, 4.69) is 4.98 Å². The van der Waals surface area contributed by atoms with Crippen LogP contribution in [0, 0.1) is 6.92 Å². The van der Waals surface area contributed by atoms with E-state index in [0.29, 0.717) is 26.1 Å². The van der Waals surface area contributed by atoms with Gasteiger partial charge in [-0.15, -0.1) is 0 Å². The first-order valence-electron chi connectivity index (χ1n) is 9.59. The molecule has 1 aromatic carbocycles. The standard InChI is InChI=1S/C22H25N3O3/c1-17-19(25-10-6-5-9-20(25)23-17)13-21(27)24-11-12-28-22(15-24,16-26)14-18-7-3-2-4-8-18/h2-10,26H,11-16H2,1H3. The van der Waals surface area contributed by atoms with E-state index in [0.717, 1.165) is 22.6 Å². The van der Waals surface area contributed by atoms with Crippen LogP contribution in [0.2, 0.25) is 0 Å². The maximum atomic E-state index is 13.1. The van der Waals surface area contributed by atoms with E-state index in [9.17, 15) is 9.90 Å². The van der Waals surface area contributed by atoms with Gasteiger partial charge in [0.25, 0.3) is 0 Å². The van der Waals surface area contributed by atoms with Crippen molar-refractivity contribution >= 4 is 11.6 Å². The van der Waals surface area contributed by atoms with Gasteiger partial charge in [0.2, 0.25) is 5.91 Å². The van der Waals surface area contributed by atoms with E-state index in [4.69, 9.17) is 4.74 Å². The van der Waals surface area contributed by atoms with Gasteiger partial charge in [0.1, 0.15) is 11.2 Å². The summed E-state index contributed by atoms with van der Waals surface area (Å²) < 4.78 is 7.94. The lowest BCUT2D eigenvalue weighted by molar-refractivity contribution is -0.157. The van der Waals surface area contributed by atoms with Gasteiger partial charge in [0.15, 0.2) is 0 Å². The van der Waals surface area contributed by atoms with Gasteiger partial charge in [-0.1, -0.05) is 36.4 Å². The number of carbonyl (C=O) groups is 1. The van der Waals surface area contributed by atoms with Gasteiger partial charge in [0.05, 0.1) is 37.6 Å². The Hall–Kier alpha value is -2.70. The molecule has 1 fully saturated rings. The maximum absolute atomic E-state index is 13.1. The minimum Gasteiger partial charge on any atom is -0.393 e. The molecule has 1 aliphatic heterocycles. The van der Waals surface area contributed by atoms with E-state index >= 15 is 0 Å². The Morgan fingerprint density at radius 1 is 1.21 bits per heavy atom. The average Bonchev–Trinajstić information content (AvgIpc) is 3.04. The predicted molar refractivity (Wildman–Crippen MR) is 106 cm³/mol. The Morgan fingerprint density at radius 2 is 2.00 bits per heavy atom. The fraction of sp³-hybridized carbons (Fsp3) is 0.364. The second-order valence-electron chi connectivity index (χ2n) is 7.42. The van der Waals surface area contributed by atoms with Gasteiger partial charge >= 0.3 is 0 Å². The second kappa shape index (κ2) is 7.73. The van der Waals surface area contributed by atoms with E-state index in [1.54, 1.807) is 0 Å². The lowest BCUT2D eigenvalue weighted by Crippen LogP contribution is -2.57. The number of amides is 1. The number of nitrogens with zero attached hydrogens (tertiary/aromatic N) is 3. The summed E-state index contributed by atoms with van der Waals surface area (Å²) in [6.07, 6.45) is 2.79. The van der Waals surface area contributed by atoms with Crippen molar-refractivity contribution < 1.29 is 14.6 Å². The number of hydrogen-bond acceptors (Lipinski definition) is 4. The predicted octanol–water partition coefficient (Wildman–Crippen LogP) is 2.02. The van der Waals surface area contributed by atoms with Crippen LogP contribution in [0.25, 0.3) is 5.65 Å². The van der Waals surface area contributed by atoms with Crippen molar-refractivity contribution in [1.29, 1.82) is 0 Å². The lowest BCUT2D eigenvalue weighted by Gasteiger charge is -2.42. The summed E-state index contributed by atoms with van der Waals surface area (Å²) in [5.74, 6) is 0.0305. The van der Waals surface area contributed by atoms with Crippen LogP contribution in [-0.4, -0.2) is 57.2 Å². The molecule has 28 heavy (non-hydrogen) atoms. The van der Waals surface area contributed by atoms with Gasteiger partial charge < -0.3 is 19.1 Å². The molecule has 0 aliphatic carbocycles. The topological polar surface area (TPSA) is 67.1 Å². The molecule has 146 valence electrons. The molecule has 1 saturated heterocycles. The molecule has 0 bridgehead atoms. The molecule has 0 saturated carbocycles. The number of carbonyl (C=O) groups excluding carboxylic acids is 1. The fourth-order valence-corrected chi connectivity index (χ4v) is 3.92. The number of ether oxygens (including phenoxy) is 1. The summed E-state index contributed by atoms with van der Waals surface area (Å²) in [7, 11) is 0. The number of fused-ring (bicyclic) bond motifs is 1. The van der Waals surface area contributed by atoms with Crippen molar-refractivity contribution in [1.82, 2.24) is 14.3 Å². The molecule has 0 spiro atoms. The Balaban J connectivity index is 1.52. The first-order valence-corrected chi connectivity index (χ1v) is 9.59. The Bertz CT molecular complexity index is 970. The molecule has 3 heterocycles. The fourth-order valence-electron chi connectivity index (χ4n) is 3.92. The largest absolute Gasteiger partial charge is 0.393 e. The molecule has 3 aromatic rings. The van der Waals surface area contributed by atoms with Crippen LogP contribution >= 0.6 is 0 Å². The highest BCUT2D eigenvalue weighted by molar-refractivity contribution is 5.79. The maximum Gasteiger partial charge on any atom is 0.228 e. The van der Waals surface area contributed by atoms with Gasteiger partial charge in [-0.25, -0.2) is 4.98 Å². The van der Waals surface area contributed by atoms with Gasteiger partial charge in [0, 0.05) is 19.2 Å². The average molecular weight is 379 g/mol. The van der Waals surface area contributed by atoms with Crippen molar-refractivity contribution in [3.63, 3.8) is 0 Å². The van der Waals surface area contributed by atoms with Gasteiger partial charge in [-0.05, 0) is 24.6 Å². The number of aliphatic hydroxyl groups is 1. The number of morpholine rings is 1. The second-order valence-corrected chi connectivity index (χ2v) is 7.42. The third-order valence-corrected chi connectivity index (χ3v) is 5.41. The highest BCUT2D eigenvalue weighted by Gasteiger charge is 2.38. The minimum atomic E-state index is -0.760. The summed E-state index contributed by atoms with van der Waals surface area (Å²) in [6.45, 7) is 3.14. The third kappa shape index (κ3) is 3.66. The highest BCUT2D eigenvalue weighted by Crippen LogP contribution is 2.24.